The molecule has 0 aliphatic heterocycles. The highest BCUT2D eigenvalue weighted by molar-refractivity contribution is 5.63. The molecule has 0 saturated heterocycles. The van der Waals surface area contributed by atoms with Crippen LogP contribution >= 0.6 is 0 Å². The highest BCUT2D eigenvalue weighted by atomic mass is 19.1. The summed E-state index contributed by atoms with van der Waals surface area (Å²) in [5.41, 5.74) is 1.33. The average Bonchev–Trinajstić information content (AvgIpc) is 2.41. The Kier molecular flexibility index (Phi) is 3.88. The molecule has 1 N–H and O–H groups in total. The third-order valence-corrected chi connectivity index (χ3v) is 3.14. The lowest BCUT2D eigenvalue weighted by Gasteiger charge is -2.11. The number of H-pyrrole nitrogens is 1. The highest BCUT2D eigenvalue weighted by Gasteiger charge is 2.13. The summed E-state index contributed by atoms with van der Waals surface area (Å²) < 4.78 is 18.7. The fourth-order valence-corrected chi connectivity index (χ4v) is 1.92. The molecule has 0 unspecified atom stereocenters. The summed E-state index contributed by atoms with van der Waals surface area (Å²) in [6, 6.07) is 4.56. The van der Waals surface area contributed by atoms with Crippen LogP contribution in [-0.4, -0.2) is 17.1 Å². The molecule has 0 saturated carbocycles. The molecule has 4 nitrogen and oxygen atoms in total. The quantitative estimate of drug-likeness (QED) is 0.937. The van der Waals surface area contributed by atoms with E-state index < -0.39 is 5.82 Å². The first-order valence-corrected chi connectivity index (χ1v) is 6.38. The Morgan fingerprint density at radius 2 is 2.05 bits per heavy atom. The number of hydrogen-bond acceptors (Lipinski definition) is 3. The minimum Gasteiger partial charge on any atom is -0.494 e. The molecule has 1 aromatic carbocycles. The predicted octanol–water partition coefficient (Wildman–Crippen LogP) is 3.02. The van der Waals surface area contributed by atoms with Gasteiger partial charge in [-0.3, -0.25) is 4.79 Å². The Morgan fingerprint density at radius 3 is 2.60 bits per heavy atom. The SMILES string of the molecule is COc1ccc(-c2nc(C(C)C)[nH]c(=O)c2C)cc1F. The van der Waals surface area contributed by atoms with Gasteiger partial charge in [0.15, 0.2) is 11.6 Å². The number of benzene rings is 1. The number of methoxy groups -OCH3 is 1. The molecule has 0 radical (unpaired) electrons. The van der Waals surface area contributed by atoms with Gasteiger partial charge in [-0.05, 0) is 25.1 Å². The van der Waals surface area contributed by atoms with E-state index in [1.807, 2.05) is 13.8 Å². The van der Waals surface area contributed by atoms with Gasteiger partial charge in [0.1, 0.15) is 5.82 Å². The average molecular weight is 276 g/mol. The van der Waals surface area contributed by atoms with Gasteiger partial charge >= 0.3 is 0 Å². The first kappa shape index (κ1) is 14.2. The topological polar surface area (TPSA) is 55.0 Å². The second-order valence-electron chi connectivity index (χ2n) is 4.93. The Morgan fingerprint density at radius 1 is 1.35 bits per heavy atom. The van der Waals surface area contributed by atoms with Crippen molar-refractivity contribution < 1.29 is 9.13 Å². The van der Waals surface area contributed by atoms with Crippen LogP contribution in [0.3, 0.4) is 0 Å². The third-order valence-electron chi connectivity index (χ3n) is 3.14. The van der Waals surface area contributed by atoms with E-state index >= 15 is 0 Å². The van der Waals surface area contributed by atoms with Crippen molar-refractivity contribution in [1.29, 1.82) is 0 Å². The summed E-state index contributed by atoms with van der Waals surface area (Å²) in [6.45, 7) is 5.55. The lowest BCUT2D eigenvalue weighted by Crippen LogP contribution is -2.16. The number of hydrogen-bond donors (Lipinski definition) is 1. The molecule has 20 heavy (non-hydrogen) atoms. The van der Waals surface area contributed by atoms with Crippen molar-refractivity contribution in [3.8, 4) is 17.0 Å². The molecule has 0 spiro atoms. The number of nitrogens with one attached hydrogen (secondary N) is 1. The summed E-state index contributed by atoms with van der Waals surface area (Å²) in [7, 11) is 1.41. The maximum Gasteiger partial charge on any atom is 0.254 e. The van der Waals surface area contributed by atoms with Crippen LogP contribution in [0.2, 0.25) is 0 Å². The molecule has 0 aliphatic carbocycles. The van der Waals surface area contributed by atoms with Crippen molar-refractivity contribution in [1.82, 2.24) is 9.97 Å². The van der Waals surface area contributed by atoms with Crippen LogP contribution in [0.25, 0.3) is 11.3 Å². The van der Waals surface area contributed by atoms with Gasteiger partial charge in [0.2, 0.25) is 0 Å². The van der Waals surface area contributed by atoms with Crippen LogP contribution in [0, 0.1) is 12.7 Å². The van der Waals surface area contributed by atoms with E-state index in [1.165, 1.54) is 19.2 Å². The molecule has 0 amide bonds. The van der Waals surface area contributed by atoms with Gasteiger partial charge < -0.3 is 9.72 Å². The molecule has 5 heteroatoms. The fourth-order valence-electron chi connectivity index (χ4n) is 1.92. The monoisotopic (exact) mass is 276 g/mol. The summed E-state index contributed by atoms with van der Waals surface area (Å²) >= 11 is 0. The zero-order chi connectivity index (χ0) is 14.9. The standard InChI is InChI=1S/C15H17FN2O2/c1-8(2)14-17-13(9(3)15(19)18-14)10-5-6-12(20-4)11(16)7-10/h5-8H,1-4H3,(H,17,18,19). The van der Waals surface area contributed by atoms with Crippen LogP contribution in [0.4, 0.5) is 4.39 Å². The van der Waals surface area contributed by atoms with E-state index in [0.717, 1.165) is 0 Å². The van der Waals surface area contributed by atoms with E-state index in [1.54, 1.807) is 13.0 Å². The first-order chi connectivity index (χ1) is 9.43. The molecule has 2 aromatic rings. The smallest absolute Gasteiger partial charge is 0.254 e. The van der Waals surface area contributed by atoms with Crippen LogP contribution < -0.4 is 10.3 Å². The Hall–Kier alpha value is -2.17. The van der Waals surface area contributed by atoms with E-state index in [4.69, 9.17) is 4.74 Å². The van der Waals surface area contributed by atoms with Gasteiger partial charge in [0.05, 0.1) is 12.8 Å². The molecular formula is C15H17FN2O2. The minimum absolute atomic E-state index is 0.0881. The molecule has 0 fully saturated rings. The third kappa shape index (κ3) is 2.57. The van der Waals surface area contributed by atoms with Crippen molar-refractivity contribution in [2.75, 3.05) is 7.11 Å². The van der Waals surface area contributed by atoms with Gasteiger partial charge in [-0.1, -0.05) is 13.8 Å². The predicted molar refractivity (Wildman–Crippen MR) is 75.6 cm³/mol. The molecule has 0 atom stereocenters. The molecule has 1 aromatic heterocycles. The van der Waals surface area contributed by atoms with E-state index in [0.29, 0.717) is 22.6 Å². The molecular weight excluding hydrogens is 259 g/mol. The normalized spacial score (nSPS) is 10.9. The fraction of sp³-hybridized carbons (Fsp3) is 0.333. The first-order valence-electron chi connectivity index (χ1n) is 6.38. The number of nitrogens with zero attached hydrogens (tertiary/aromatic N) is 1. The van der Waals surface area contributed by atoms with Crippen LogP contribution in [0.15, 0.2) is 23.0 Å². The lowest BCUT2D eigenvalue weighted by atomic mass is 10.1. The van der Waals surface area contributed by atoms with Gasteiger partial charge in [-0.25, -0.2) is 9.37 Å². The number of aromatic amines is 1. The van der Waals surface area contributed by atoms with Crippen molar-refractivity contribution in [2.45, 2.75) is 26.7 Å². The van der Waals surface area contributed by atoms with Crippen LogP contribution in [0.1, 0.15) is 31.2 Å². The maximum absolute atomic E-state index is 13.8. The highest BCUT2D eigenvalue weighted by Crippen LogP contribution is 2.26. The number of halogens is 1. The van der Waals surface area contributed by atoms with E-state index in [-0.39, 0.29) is 17.2 Å². The Balaban J connectivity index is 2.62. The molecule has 1 heterocycles. The van der Waals surface area contributed by atoms with Gasteiger partial charge in [0, 0.05) is 17.0 Å². The lowest BCUT2D eigenvalue weighted by molar-refractivity contribution is 0.386. The van der Waals surface area contributed by atoms with Crippen molar-refractivity contribution >= 4 is 0 Å². The summed E-state index contributed by atoms with van der Waals surface area (Å²) in [5.74, 6) is 0.370. The number of rotatable bonds is 3. The van der Waals surface area contributed by atoms with Crippen molar-refractivity contribution in [3.05, 3.63) is 45.8 Å². The van der Waals surface area contributed by atoms with Crippen LogP contribution in [0.5, 0.6) is 5.75 Å². The van der Waals surface area contributed by atoms with Crippen molar-refractivity contribution in [2.24, 2.45) is 0 Å². The van der Waals surface area contributed by atoms with Gasteiger partial charge in [-0.15, -0.1) is 0 Å². The Bertz CT molecular complexity index is 693. The van der Waals surface area contributed by atoms with Crippen LogP contribution in [-0.2, 0) is 0 Å². The molecule has 0 bridgehead atoms. The zero-order valence-corrected chi connectivity index (χ0v) is 12.0. The Labute approximate surface area is 116 Å². The van der Waals surface area contributed by atoms with Gasteiger partial charge in [0.25, 0.3) is 5.56 Å². The van der Waals surface area contributed by atoms with Crippen molar-refractivity contribution in [3.63, 3.8) is 0 Å². The zero-order valence-electron chi connectivity index (χ0n) is 12.0. The van der Waals surface area contributed by atoms with E-state index in [9.17, 15) is 9.18 Å². The molecule has 106 valence electrons. The minimum atomic E-state index is -0.474. The number of ether oxygens (including phenoxy) is 1. The second-order valence-corrected chi connectivity index (χ2v) is 4.93. The number of aromatic nitrogens is 2. The molecule has 0 aliphatic rings. The maximum atomic E-state index is 13.8. The summed E-state index contributed by atoms with van der Waals surface area (Å²) in [6.07, 6.45) is 0. The van der Waals surface area contributed by atoms with Gasteiger partial charge in [-0.2, -0.15) is 0 Å². The molecule has 2 rings (SSSR count). The summed E-state index contributed by atoms with van der Waals surface area (Å²) in [5, 5.41) is 0. The van der Waals surface area contributed by atoms with E-state index in [2.05, 4.69) is 9.97 Å². The summed E-state index contributed by atoms with van der Waals surface area (Å²) in [4.78, 5) is 19.1. The largest absolute Gasteiger partial charge is 0.494 e. The second kappa shape index (κ2) is 5.45.